The van der Waals surface area contributed by atoms with Gasteiger partial charge in [0.05, 0.1) is 12.6 Å². The fourth-order valence-corrected chi connectivity index (χ4v) is 2.62. The first-order valence-electron chi connectivity index (χ1n) is 6.60. The number of ether oxygens (including phenoxy) is 1. The van der Waals surface area contributed by atoms with E-state index < -0.39 is 0 Å². The Balaban J connectivity index is 1.74. The van der Waals surface area contributed by atoms with Crippen molar-refractivity contribution in [2.24, 2.45) is 0 Å². The Hall–Kier alpha value is -1.79. The molecule has 1 unspecified atom stereocenters. The molecule has 0 radical (unpaired) electrons. The number of amides is 1. The van der Waals surface area contributed by atoms with Crippen LogP contribution in [0.1, 0.15) is 18.4 Å². The maximum atomic E-state index is 12.3. The second-order valence-electron chi connectivity index (χ2n) is 4.83. The molecule has 2 aliphatic rings. The maximum absolute atomic E-state index is 12.3. The highest BCUT2D eigenvalue weighted by Gasteiger charge is 2.33. The molecule has 1 amide bonds. The van der Waals surface area contributed by atoms with Crippen molar-refractivity contribution in [3.63, 3.8) is 0 Å². The molecule has 2 saturated heterocycles. The molecule has 5 nitrogen and oxygen atoms in total. The first kappa shape index (κ1) is 13.2. The lowest BCUT2D eigenvalue weighted by Crippen LogP contribution is -2.37. The third-order valence-electron chi connectivity index (χ3n) is 3.37. The quantitative estimate of drug-likeness (QED) is 0.672. The first-order chi connectivity index (χ1) is 9.74. The molecule has 0 aliphatic carbocycles. The van der Waals surface area contributed by atoms with Crippen molar-refractivity contribution in [3.05, 3.63) is 35.8 Å². The van der Waals surface area contributed by atoms with E-state index in [-0.39, 0.29) is 12.0 Å². The molecule has 0 spiro atoms. The van der Waals surface area contributed by atoms with Gasteiger partial charge in [0.2, 0.25) is 0 Å². The van der Waals surface area contributed by atoms with E-state index in [1.54, 1.807) is 23.4 Å². The van der Waals surface area contributed by atoms with Crippen LogP contribution in [0.15, 0.2) is 30.2 Å². The lowest BCUT2D eigenvalue weighted by Gasteiger charge is -2.18. The van der Waals surface area contributed by atoms with Gasteiger partial charge in [-0.25, -0.2) is 0 Å². The van der Waals surface area contributed by atoms with Crippen molar-refractivity contribution in [1.29, 1.82) is 0 Å². The van der Waals surface area contributed by atoms with Gasteiger partial charge in [0, 0.05) is 19.0 Å². The second-order valence-corrected chi connectivity index (χ2v) is 5.21. The van der Waals surface area contributed by atoms with E-state index in [4.69, 9.17) is 17.0 Å². The van der Waals surface area contributed by atoms with Crippen molar-refractivity contribution >= 4 is 29.3 Å². The molecule has 20 heavy (non-hydrogen) atoms. The van der Waals surface area contributed by atoms with Crippen molar-refractivity contribution in [3.8, 4) is 0 Å². The topological polar surface area (TPSA) is 54.5 Å². The summed E-state index contributed by atoms with van der Waals surface area (Å²) in [5.74, 6) is -0.102. The molecule has 0 bridgehead atoms. The van der Waals surface area contributed by atoms with Gasteiger partial charge in [0.25, 0.3) is 5.91 Å². The minimum absolute atomic E-state index is 0.0939. The van der Waals surface area contributed by atoms with Crippen LogP contribution in [-0.4, -0.2) is 40.2 Å². The Labute approximate surface area is 122 Å². The minimum Gasteiger partial charge on any atom is -0.376 e. The third kappa shape index (κ3) is 2.71. The van der Waals surface area contributed by atoms with Gasteiger partial charge in [-0.1, -0.05) is 6.07 Å². The molecular formula is C14H15N3O2S. The summed E-state index contributed by atoms with van der Waals surface area (Å²) < 4.78 is 5.55. The summed E-state index contributed by atoms with van der Waals surface area (Å²) in [4.78, 5) is 17.9. The van der Waals surface area contributed by atoms with Crippen molar-refractivity contribution in [1.82, 2.24) is 15.2 Å². The van der Waals surface area contributed by atoms with Crippen LogP contribution in [0, 0.1) is 0 Å². The van der Waals surface area contributed by atoms with Crippen LogP contribution >= 0.6 is 12.2 Å². The Morgan fingerprint density at radius 3 is 3.20 bits per heavy atom. The number of hydrogen-bond donors (Lipinski definition) is 1. The molecule has 2 fully saturated rings. The number of carbonyl (C=O) groups excluding carboxylic acids is 1. The zero-order chi connectivity index (χ0) is 13.9. The van der Waals surface area contributed by atoms with Gasteiger partial charge < -0.3 is 10.1 Å². The molecule has 1 atom stereocenters. The molecule has 1 aromatic heterocycles. The van der Waals surface area contributed by atoms with Crippen LogP contribution in [0.25, 0.3) is 6.08 Å². The highest BCUT2D eigenvalue weighted by atomic mass is 32.1. The molecule has 3 heterocycles. The van der Waals surface area contributed by atoms with Gasteiger partial charge in [-0.3, -0.25) is 14.7 Å². The molecule has 6 heteroatoms. The van der Waals surface area contributed by atoms with Crippen molar-refractivity contribution < 1.29 is 9.53 Å². The smallest absolute Gasteiger partial charge is 0.276 e. The number of nitrogens with one attached hydrogen (secondary N) is 1. The van der Waals surface area contributed by atoms with E-state index in [1.807, 2.05) is 12.1 Å². The van der Waals surface area contributed by atoms with Crippen molar-refractivity contribution in [2.45, 2.75) is 18.9 Å². The highest BCUT2D eigenvalue weighted by molar-refractivity contribution is 7.80. The Morgan fingerprint density at radius 1 is 1.60 bits per heavy atom. The summed E-state index contributed by atoms with van der Waals surface area (Å²) in [6.07, 6.45) is 7.28. The fourth-order valence-electron chi connectivity index (χ4n) is 2.36. The Morgan fingerprint density at radius 2 is 2.50 bits per heavy atom. The van der Waals surface area contributed by atoms with Gasteiger partial charge >= 0.3 is 0 Å². The molecule has 1 N–H and O–H groups in total. The van der Waals surface area contributed by atoms with Crippen molar-refractivity contribution in [2.75, 3.05) is 13.2 Å². The fraction of sp³-hybridized carbons (Fsp3) is 0.357. The number of pyridine rings is 1. The number of aromatic nitrogens is 1. The van der Waals surface area contributed by atoms with Gasteiger partial charge in [-0.15, -0.1) is 0 Å². The van der Waals surface area contributed by atoms with Gasteiger partial charge in [-0.05, 0) is 42.8 Å². The number of hydrogen-bond acceptors (Lipinski definition) is 4. The predicted octanol–water partition coefficient (Wildman–Crippen LogP) is 1.32. The van der Waals surface area contributed by atoms with Crippen LogP contribution in [0.5, 0.6) is 0 Å². The molecule has 1 aromatic rings. The molecule has 104 valence electrons. The van der Waals surface area contributed by atoms with Gasteiger partial charge in [-0.2, -0.15) is 0 Å². The van der Waals surface area contributed by atoms with Crippen LogP contribution in [0.2, 0.25) is 0 Å². The van der Waals surface area contributed by atoms with Crippen LogP contribution in [-0.2, 0) is 9.53 Å². The van der Waals surface area contributed by atoms with Crippen LogP contribution in [0.4, 0.5) is 0 Å². The standard InChI is InChI=1S/C14H15N3O2S/c18-13-12(7-10-3-1-5-15-8-10)16-14(20)17(13)9-11-4-2-6-19-11/h1,3,5,7-8,11H,2,4,6,9H2,(H,16,20)/b12-7-. The largest absolute Gasteiger partial charge is 0.376 e. The van der Waals surface area contributed by atoms with E-state index in [1.165, 1.54) is 0 Å². The monoisotopic (exact) mass is 289 g/mol. The number of carbonyl (C=O) groups is 1. The molecule has 0 saturated carbocycles. The lowest BCUT2D eigenvalue weighted by molar-refractivity contribution is -0.123. The maximum Gasteiger partial charge on any atom is 0.276 e. The number of nitrogens with zero attached hydrogens (tertiary/aromatic N) is 2. The highest BCUT2D eigenvalue weighted by Crippen LogP contribution is 2.18. The zero-order valence-corrected chi connectivity index (χ0v) is 11.7. The SMILES string of the molecule is O=C1/C(=C/c2cccnc2)NC(=S)N1CC1CCCO1. The van der Waals surface area contributed by atoms with E-state index in [0.29, 0.717) is 17.4 Å². The lowest BCUT2D eigenvalue weighted by atomic mass is 10.2. The average molecular weight is 289 g/mol. The zero-order valence-electron chi connectivity index (χ0n) is 10.9. The summed E-state index contributed by atoms with van der Waals surface area (Å²) in [7, 11) is 0. The molecule has 2 aliphatic heterocycles. The summed E-state index contributed by atoms with van der Waals surface area (Å²) in [5, 5.41) is 3.41. The normalized spacial score (nSPS) is 24.5. The number of thiocarbonyl (C=S) groups is 1. The first-order valence-corrected chi connectivity index (χ1v) is 7.01. The van der Waals surface area contributed by atoms with Crippen LogP contribution in [0.3, 0.4) is 0 Å². The second kappa shape index (κ2) is 5.68. The molecule has 0 aromatic carbocycles. The van der Waals surface area contributed by atoms with Gasteiger partial charge in [0.15, 0.2) is 5.11 Å². The summed E-state index contributed by atoms with van der Waals surface area (Å²) in [5.41, 5.74) is 1.35. The van der Waals surface area contributed by atoms with E-state index in [9.17, 15) is 4.79 Å². The minimum atomic E-state index is -0.102. The Bertz CT molecular complexity index is 553. The number of rotatable bonds is 3. The predicted molar refractivity (Wildman–Crippen MR) is 78.6 cm³/mol. The van der Waals surface area contributed by atoms with Gasteiger partial charge in [0.1, 0.15) is 5.70 Å². The van der Waals surface area contributed by atoms with Crippen LogP contribution < -0.4 is 5.32 Å². The summed E-state index contributed by atoms with van der Waals surface area (Å²) in [6, 6.07) is 3.72. The summed E-state index contributed by atoms with van der Waals surface area (Å²) >= 11 is 5.23. The summed E-state index contributed by atoms with van der Waals surface area (Å²) in [6.45, 7) is 1.29. The van der Waals surface area contributed by atoms with E-state index in [0.717, 1.165) is 25.0 Å². The molecular weight excluding hydrogens is 274 g/mol. The molecule has 3 rings (SSSR count). The third-order valence-corrected chi connectivity index (χ3v) is 3.69. The van der Waals surface area contributed by atoms with E-state index in [2.05, 4.69) is 10.3 Å². The van der Waals surface area contributed by atoms with E-state index >= 15 is 0 Å². The Kier molecular flexibility index (Phi) is 3.75. The average Bonchev–Trinajstić information content (AvgIpc) is 3.05.